The summed E-state index contributed by atoms with van der Waals surface area (Å²) >= 11 is 0. The van der Waals surface area contributed by atoms with Crippen molar-refractivity contribution in [2.45, 2.75) is 83.5 Å². The highest BCUT2D eigenvalue weighted by molar-refractivity contribution is 5.34. The largest absolute Gasteiger partial charge is 0.389 e. The Bertz CT molecular complexity index is 486. The summed E-state index contributed by atoms with van der Waals surface area (Å²) in [5, 5.41) is 7.16. The van der Waals surface area contributed by atoms with Gasteiger partial charge in [0.1, 0.15) is 0 Å². The average Bonchev–Trinajstić information content (AvgIpc) is 2.51. The van der Waals surface area contributed by atoms with E-state index in [4.69, 9.17) is 0 Å². The van der Waals surface area contributed by atoms with E-state index in [1.165, 1.54) is 36.8 Å². The van der Waals surface area contributed by atoms with Gasteiger partial charge in [0.25, 0.3) is 0 Å². The lowest BCUT2D eigenvalue weighted by Crippen LogP contribution is -2.49. The Hall–Kier alpha value is -0.550. The van der Waals surface area contributed by atoms with Crippen LogP contribution in [0.25, 0.3) is 0 Å². The summed E-state index contributed by atoms with van der Waals surface area (Å²) in [6.45, 7) is 6.48. The van der Waals surface area contributed by atoms with Crippen LogP contribution in [0, 0.1) is 17.8 Å². The van der Waals surface area contributed by atoms with Crippen LogP contribution in [0.1, 0.15) is 65.2 Å². The maximum absolute atomic E-state index is 12.5. The van der Waals surface area contributed by atoms with E-state index >= 15 is 0 Å². The first-order chi connectivity index (χ1) is 11.9. The molecule has 1 heterocycles. The molecule has 25 heavy (non-hydrogen) atoms. The lowest BCUT2D eigenvalue weighted by atomic mass is 9.72. The second kappa shape index (κ2) is 7.99. The molecular weight excluding hydrogens is 325 g/mol. The maximum atomic E-state index is 12.5. The molecule has 0 saturated heterocycles. The Kier molecular flexibility index (Phi) is 6.15. The summed E-state index contributed by atoms with van der Waals surface area (Å²) in [5.74, 6) is 2.15. The number of halogens is 3. The quantitative estimate of drug-likeness (QED) is 0.666. The minimum absolute atomic E-state index is 0.0401. The van der Waals surface area contributed by atoms with Crippen molar-refractivity contribution in [2.24, 2.45) is 17.8 Å². The molecule has 0 aromatic heterocycles. The molecule has 0 radical (unpaired) electrons. The molecule has 5 atom stereocenters. The van der Waals surface area contributed by atoms with Crippen LogP contribution in [0.5, 0.6) is 0 Å². The Morgan fingerprint density at radius 3 is 2.52 bits per heavy atom. The molecule has 1 fully saturated rings. The predicted octanol–water partition coefficient (Wildman–Crippen LogP) is 4.81. The van der Waals surface area contributed by atoms with E-state index in [0.717, 1.165) is 37.8 Å². The van der Waals surface area contributed by atoms with Crippen molar-refractivity contribution < 1.29 is 13.2 Å². The number of hydrogen-bond acceptors (Lipinski definition) is 2. The lowest BCUT2D eigenvalue weighted by molar-refractivity contribution is -0.136. The predicted molar refractivity (Wildman–Crippen MR) is 95.4 cm³/mol. The van der Waals surface area contributed by atoms with Gasteiger partial charge in [0.2, 0.25) is 0 Å². The van der Waals surface area contributed by atoms with Crippen molar-refractivity contribution >= 4 is 0 Å². The summed E-state index contributed by atoms with van der Waals surface area (Å²) < 4.78 is 37.5. The topological polar surface area (TPSA) is 24.1 Å². The molecule has 3 aliphatic rings. The summed E-state index contributed by atoms with van der Waals surface area (Å²) in [7, 11) is 0. The average molecular weight is 358 g/mol. The number of hydrogen-bond donors (Lipinski definition) is 2. The smallest absolute Gasteiger partial charge is 0.313 e. The number of alkyl halides is 3. The van der Waals surface area contributed by atoms with Gasteiger partial charge in [0.15, 0.2) is 0 Å². The SMILES string of the molecule is CCC1CCC(NCC2CNC(CCC(F)(F)F)C3=C2CC3)CC1C. The van der Waals surface area contributed by atoms with E-state index in [9.17, 15) is 13.2 Å². The van der Waals surface area contributed by atoms with Crippen LogP contribution in [0.2, 0.25) is 0 Å². The first kappa shape index (κ1) is 19.2. The van der Waals surface area contributed by atoms with Gasteiger partial charge in [0, 0.05) is 37.5 Å². The molecule has 2 N–H and O–H groups in total. The van der Waals surface area contributed by atoms with Gasteiger partial charge in [-0.15, -0.1) is 0 Å². The van der Waals surface area contributed by atoms with E-state index in [1.807, 2.05) is 0 Å². The van der Waals surface area contributed by atoms with E-state index in [0.29, 0.717) is 12.0 Å². The van der Waals surface area contributed by atoms with Crippen molar-refractivity contribution in [1.82, 2.24) is 10.6 Å². The van der Waals surface area contributed by atoms with Gasteiger partial charge in [-0.2, -0.15) is 13.2 Å². The first-order valence-corrected chi connectivity index (χ1v) is 10.1. The molecule has 0 amide bonds. The van der Waals surface area contributed by atoms with Crippen molar-refractivity contribution in [1.29, 1.82) is 0 Å². The number of nitrogens with one attached hydrogen (secondary N) is 2. The Morgan fingerprint density at radius 1 is 1.16 bits per heavy atom. The first-order valence-electron chi connectivity index (χ1n) is 10.1. The minimum Gasteiger partial charge on any atom is -0.313 e. The van der Waals surface area contributed by atoms with E-state index in [1.54, 1.807) is 0 Å². The van der Waals surface area contributed by atoms with E-state index in [2.05, 4.69) is 24.5 Å². The van der Waals surface area contributed by atoms with Crippen LogP contribution in [-0.2, 0) is 0 Å². The molecule has 5 unspecified atom stereocenters. The molecule has 0 bridgehead atoms. The van der Waals surface area contributed by atoms with Crippen LogP contribution >= 0.6 is 0 Å². The summed E-state index contributed by atoms with van der Waals surface area (Å²) in [5.41, 5.74) is 2.74. The van der Waals surface area contributed by atoms with Gasteiger partial charge < -0.3 is 10.6 Å². The molecule has 1 aliphatic heterocycles. The second-order valence-corrected chi connectivity index (χ2v) is 8.43. The molecule has 1 saturated carbocycles. The molecule has 0 aromatic carbocycles. The summed E-state index contributed by atoms with van der Waals surface area (Å²) in [4.78, 5) is 0. The summed E-state index contributed by atoms with van der Waals surface area (Å²) in [6, 6.07) is 0.575. The third-order valence-electron chi connectivity index (χ3n) is 6.84. The van der Waals surface area contributed by atoms with Crippen molar-refractivity contribution in [3.8, 4) is 0 Å². The highest BCUT2D eigenvalue weighted by Crippen LogP contribution is 2.40. The van der Waals surface area contributed by atoms with Crippen molar-refractivity contribution in [3.63, 3.8) is 0 Å². The molecule has 2 aliphatic carbocycles. The Morgan fingerprint density at radius 2 is 1.92 bits per heavy atom. The zero-order valence-electron chi connectivity index (χ0n) is 15.6. The Balaban J connectivity index is 1.48. The van der Waals surface area contributed by atoms with E-state index < -0.39 is 12.6 Å². The minimum atomic E-state index is -4.04. The highest BCUT2D eigenvalue weighted by Gasteiger charge is 2.37. The molecule has 2 nitrogen and oxygen atoms in total. The molecule has 144 valence electrons. The van der Waals surface area contributed by atoms with Crippen molar-refractivity contribution in [2.75, 3.05) is 13.1 Å². The Labute approximate surface area is 150 Å². The number of rotatable bonds is 6. The van der Waals surface area contributed by atoms with Crippen LogP contribution in [-0.4, -0.2) is 31.3 Å². The molecular formula is C20H33F3N2. The fraction of sp³-hybridized carbons (Fsp3) is 0.900. The lowest BCUT2D eigenvalue weighted by Gasteiger charge is -2.42. The summed E-state index contributed by atoms with van der Waals surface area (Å²) in [6.07, 6.45) is 2.69. The zero-order chi connectivity index (χ0) is 18.0. The molecule has 0 aromatic rings. The van der Waals surface area contributed by atoms with Gasteiger partial charge in [-0.1, -0.05) is 31.4 Å². The third kappa shape index (κ3) is 4.79. The van der Waals surface area contributed by atoms with Gasteiger partial charge in [-0.05, 0) is 50.4 Å². The molecule has 3 rings (SSSR count). The maximum Gasteiger partial charge on any atom is 0.389 e. The second-order valence-electron chi connectivity index (χ2n) is 8.43. The zero-order valence-corrected chi connectivity index (χ0v) is 15.6. The highest BCUT2D eigenvalue weighted by atomic mass is 19.4. The van der Waals surface area contributed by atoms with Gasteiger partial charge >= 0.3 is 6.18 Å². The van der Waals surface area contributed by atoms with Gasteiger partial charge in [-0.3, -0.25) is 0 Å². The van der Waals surface area contributed by atoms with E-state index in [-0.39, 0.29) is 12.5 Å². The fourth-order valence-corrected chi connectivity index (χ4v) is 5.15. The van der Waals surface area contributed by atoms with Crippen LogP contribution < -0.4 is 10.6 Å². The standard InChI is InChI=1S/C20H33F3N2/c1-3-14-4-5-16(10-13(14)2)24-11-15-12-25-19(8-9-20(21,22)23)18-7-6-17(15)18/h13-16,19,24-25H,3-12H2,1-2H3. The third-order valence-corrected chi connectivity index (χ3v) is 6.84. The van der Waals surface area contributed by atoms with Gasteiger partial charge in [-0.25, -0.2) is 0 Å². The molecule has 5 heteroatoms. The van der Waals surface area contributed by atoms with Crippen LogP contribution in [0.4, 0.5) is 13.2 Å². The molecule has 0 spiro atoms. The normalized spacial score (nSPS) is 36.1. The fourth-order valence-electron chi connectivity index (χ4n) is 5.15. The van der Waals surface area contributed by atoms with Gasteiger partial charge in [0.05, 0.1) is 0 Å². The van der Waals surface area contributed by atoms with Crippen LogP contribution in [0.15, 0.2) is 11.1 Å². The monoisotopic (exact) mass is 358 g/mol. The van der Waals surface area contributed by atoms with Crippen LogP contribution in [0.3, 0.4) is 0 Å². The van der Waals surface area contributed by atoms with Crippen molar-refractivity contribution in [3.05, 3.63) is 11.1 Å².